The number of likely N-dealkylation sites (N-methyl/N-ethyl adjacent to an activating group) is 1. The SMILES string of the molecule is CCN(CC)C(=O)[C@H](OC(=O)c1cc(Cl)c2c(c1)OCO2)c1ccccc1. The molecule has 7 heteroatoms. The van der Waals surface area contributed by atoms with E-state index < -0.39 is 12.1 Å². The van der Waals surface area contributed by atoms with Crippen LogP contribution in [0.5, 0.6) is 11.5 Å². The van der Waals surface area contributed by atoms with Gasteiger partial charge in [-0.1, -0.05) is 41.9 Å². The van der Waals surface area contributed by atoms with Gasteiger partial charge in [-0.3, -0.25) is 4.79 Å². The second-order valence-corrected chi connectivity index (χ2v) is 6.31. The van der Waals surface area contributed by atoms with Gasteiger partial charge in [0.2, 0.25) is 12.9 Å². The van der Waals surface area contributed by atoms with Crippen LogP contribution in [0.2, 0.25) is 5.02 Å². The van der Waals surface area contributed by atoms with Gasteiger partial charge in [-0.25, -0.2) is 4.79 Å². The number of hydrogen-bond donors (Lipinski definition) is 0. The number of rotatable bonds is 6. The van der Waals surface area contributed by atoms with Gasteiger partial charge in [0.25, 0.3) is 5.91 Å². The molecule has 142 valence electrons. The minimum Gasteiger partial charge on any atom is -0.454 e. The third kappa shape index (κ3) is 4.01. The number of ether oxygens (including phenoxy) is 3. The smallest absolute Gasteiger partial charge is 0.339 e. The molecule has 1 heterocycles. The summed E-state index contributed by atoms with van der Waals surface area (Å²) in [5.41, 5.74) is 0.798. The van der Waals surface area contributed by atoms with Crippen molar-refractivity contribution < 1.29 is 23.8 Å². The van der Waals surface area contributed by atoms with Crippen molar-refractivity contribution in [3.05, 3.63) is 58.6 Å². The summed E-state index contributed by atoms with van der Waals surface area (Å²) in [6.07, 6.45) is -1.04. The van der Waals surface area contributed by atoms with Gasteiger partial charge in [-0.2, -0.15) is 0 Å². The van der Waals surface area contributed by atoms with Crippen LogP contribution in [-0.2, 0) is 9.53 Å². The predicted octanol–water partition coefficient (Wildman–Crippen LogP) is 3.84. The Labute approximate surface area is 162 Å². The Balaban J connectivity index is 1.89. The Morgan fingerprint density at radius 1 is 1.15 bits per heavy atom. The van der Waals surface area contributed by atoms with Crippen LogP contribution in [0.4, 0.5) is 0 Å². The third-order valence-corrected chi connectivity index (χ3v) is 4.57. The van der Waals surface area contributed by atoms with Gasteiger partial charge in [0.15, 0.2) is 11.5 Å². The lowest BCUT2D eigenvalue weighted by atomic mass is 10.1. The van der Waals surface area contributed by atoms with Gasteiger partial charge >= 0.3 is 5.97 Å². The highest BCUT2D eigenvalue weighted by Gasteiger charge is 2.30. The maximum Gasteiger partial charge on any atom is 0.339 e. The molecule has 1 amide bonds. The van der Waals surface area contributed by atoms with Gasteiger partial charge in [0.1, 0.15) is 0 Å². The quantitative estimate of drug-likeness (QED) is 0.702. The number of esters is 1. The van der Waals surface area contributed by atoms with Crippen molar-refractivity contribution in [1.82, 2.24) is 4.90 Å². The average Bonchev–Trinajstić information content (AvgIpc) is 3.16. The van der Waals surface area contributed by atoms with Crippen molar-refractivity contribution in [3.8, 4) is 11.5 Å². The summed E-state index contributed by atoms with van der Waals surface area (Å²) in [5.74, 6) is -0.163. The highest BCUT2D eigenvalue weighted by Crippen LogP contribution is 2.40. The van der Waals surface area contributed by atoms with E-state index in [1.54, 1.807) is 29.2 Å². The largest absolute Gasteiger partial charge is 0.454 e. The Kier molecular flexibility index (Phi) is 5.86. The first-order valence-corrected chi connectivity index (χ1v) is 9.06. The first-order chi connectivity index (χ1) is 13.0. The number of fused-ring (bicyclic) bond motifs is 1. The molecule has 0 unspecified atom stereocenters. The van der Waals surface area contributed by atoms with Crippen molar-refractivity contribution in [2.24, 2.45) is 0 Å². The number of benzene rings is 2. The number of carbonyl (C=O) groups excluding carboxylic acids is 2. The molecule has 0 saturated carbocycles. The molecule has 1 atom stereocenters. The summed E-state index contributed by atoms with van der Waals surface area (Å²) in [7, 11) is 0. The zero-order valence-electron chi connectivity index (χ0n) is 15.1. The van der Waals surface area contributed by atoms with Crippen molar-refractivity contribution in [2.75, 3.05) is 19.9 Å². The molecule has 0 fully saturated rings. The third-order valence-electron chi connectivity index (χ3n) is 4.29. The molecule has 6 nitrogen and oxygen atoms in total. The van der Waals surface area contributed by atoms with Crippen LogP contribution < -0.4 is 9.47 Å². The number of hydrogen-bond acceptors (Lipinski definition) is 5. The summed E-state index contributed by atoms with van der Waals surface area (Å²) in [6.45, 7) is 4.84. The van der Waals surface area contributed by atoms with Crippen molar-refractivity contribution >= 4 is 23.5 Å². The van der Waals surface area contributed by atoms with E-state index >= 15 is 0 Å². The minimum atomic E-state index is -1.04. The summed E-state index contributed by atoms with van der Waals surface area (Å²) >= 11 is 6.14. The molecule has 0 radical (unpaired) electrons. The first-order valence-electron chi connectivity index (χ1n) is 8.69. The van der Waals surface area contributed by atoms with Gasteiger partial charge < -0.3 is 19.1 Å². The number of nitrogens with zero attached hydrogens (tertiary/aromatic N) is 1. The molecule has 1 aliphatic heterocycles. The zero-order chi connectivity index (χ0) is 19.4. The van der Waals surface area contributed by atoms with Crippen LogP contribution in [-0.4, -0.2) is 36.7 Å². The molecule has 0 aliphatic carbocycles. The normalized spacial score (nSPS) is 13.1. The number of carbonyl (C=O) groups is 2. The van der Waals surface area contributed by atoms with Crippen LogP contribution in [0.3, 0.4) is 0 Å². The second kappa shape index (κ2) is 8.31. The topological polar surface area (TPSA) is 65.1 Å². The Hall–Kier alpha value is -2.73. The van der Waals surface area contributed by atoms with Gasteiger partial charge in [0.05, 0.1) is 10.6 Å². The van der Waals surface area contributed by atoms with Crippen molar-refractivity contribution in [1.29, 1.82) is 0 Å². The second-order valence-electron chi connectivity index (χ2n) is 5.90. The molecular formula is C20H20ClNO5. The number of halogens is 1. The monoisotopic (exact) mass is 389 g/mol. The number of amides is 1. The summed E-state index contributed by atoms with van der Waals surface area (Å²) in [4.78, 5) is 27.3. The fourth-order valence-electron chi connectivity index (χ4n) is 2.85. The summed E-state index contributed by atoms with van der Waals surface area (Å²) in [5, 5.41) is 0.253. The lowest BCUT2D eigenvalue weighted by Gasteiger charge is -2.25. The molecule has 3 rings (SSSR count). The maximum absolute atomic E-state index is 12.9. The van der Waals surface area contributed by atoms with Crippen LogP contribution in [0.25, 0.3) is 0 Å². The fourth-order valence-corrected chi connectivity index (χ4v) is 3.12. The lowest BCUT2D eigenvalue weighted by Crippen LogP contribution is -2.36. The van der Waals surface area contributed by atoms with Crippen LogP contribution in [0, 0.1) is 0 Å². The highest BCUT2D eigenvalue weighted by atomic mass is 35.5. The molecule has 1 aliphatic rings. The van der Waals surface area contributed by atoms with E-state index in [-0.39, 0.29) is 23.3 Å². The van der Waals surface area contributed by atoms with E-state index in [1.807, 2.05) is 19.9 Å². The Morgan fingerprint density at radius 3 is 2.52 bits per heavy atom. The van der Waals surface area contributed by atoms with E-state index in [0.717, 1.165) is 0 Å². The zero-order valence-corrected chi connectivity index (χ0v) is 15.9. The Morgan fingerprint density at radius 2 is 1.85 bits per heavy atom. The van der Waals surface area contributed by atoms with Crippen LogP contribution in [0.15, 0.2) is 42.5 Å². The summed E-state index contributed by atoms with van der Waals surface area (Å²) in [6, 6.07) is 11.9. The fraction of sp³-hybridized carbons (Fsp3) is 0.300. The lowest BCUT2D eigenvalue weighted by molar-refractivity contribution is -0.140. The molecule has 27 heavy (non-hydrogen) atoms. The van der Waals surface area contributed by atoms with Crippen LogP contribution >= 0.6 is 11.6 Å². The van der Waals surface area contributed by atoms with E-state index in [9.17, 15) is 9.59 Å². The standard InChI is InChI=1S/C20H20ClNO5/c1-3-22(4-2)19(23)17(13-8-6-5-7-9-13)27-20(24)14-10-15(21)18-16(11-14)25-12-26-18/h5-11,17H,3-4,12H2,1-2H3/t17-/m1/s1. The van der Waals surface area contributed by atoms with Crippen LogP contribution in [0.1, 0.15) is 35.9 Å². The summed E-state index contributed by atoms with van der Waals surface area (Å²) < 4.78 is 16.1. The van der Waals surface area contributed by atoms with Gasteiger partial charge in [0, 0.05) is 18.7 Å². The molecule has 0 bridgehead atoms. The van der Waals surface area contributed by atoms with E-state index in [1.165, 1.54) is 12.1 Å². The van der Waals surface area contributed by atoms with Crippen molar-refractivity contribution in [2.45, 2.75) is 20.0 Å². The Bertz CT molecular complexity index is 836. The first kappa shape index (κ1) is 19.0. The minimum absolute atomic E-state index is 0.0423. The molecule has 2 aromatic rings. The van der Waals surface area contributed by atoms with Gasteiger partial charge in [-0.05, 0) is 26.0 Å². The van der Waals surface area contributed by atoms with E-state index in [0.29, 0.717) is 30.2 Å². The molecule has 0 spiro atoms. The molecule has 0 aromatic heterocycles. The highest BCUT2D eigenvalue weighted by molar-refractivity contribution is 6.32. The molecular weight excluding hydrogens is 370 g/mol. The molecule has 0 saturated heterocycles. The van der Waals surface area contributed by atoms with Gasteiger partial charge in [-0.15, -0.1) is 0 Å². The van der Waals surface area contributed by atoms with E-state index in [4.69, 9.17) is 25.8 Å². The predicted molar refractivity (Wildman–Crippen MR) is 100 cm³/mol. The van der Waals surface area contributed by atoms with E-state index in [2.05, 4.69) is 0 Å². The molecule has 2 aromatic carbocycles. The maximum atomic E-state index is 12.9. The average molecular weight is 390 g/mol. The van der Waals surface area contributed by atoms with Crippen molar-refractivity contribution in [3.63, 3.8) is 0 Å². The molecule has 0 N–H and O–H groups in total.